The fraction of sp³-hybridized carbons (Fsp3) is 0.176. The number of aromatic nitrogens is 2. The number of nitrogens with one attached hydrogen (secondary N) is 1. The minimum Gasteiger partial charge on any atom is -0.388 e. The van der Waals surface area contributed by atoms with Gasteiger partial charge in [-0.3, -0.25) is 4.21 Å². The van der Waals surface area contributed by atoms with Gasteiger partial charge in [-0.05, 0) is 23.8 Å². The number of hydrogen-bond acceptors (Lipinski definition) is 6. The van der Waals surface area contributed by atoms with E-state index in [1.165, 1.54) is 23.6 Å². The van der Waals surface area contributed by atoms with E-state index < -0.39 is 23.0 Å². The third-order valence-corrected chi connectivity index (χ3v) is 4.83. The van der Waals surface area contributed by atoms with Gasteiger partial charge in [-0.1, -0.05) is 12.1 Å². The molecule has 1 aromatic carbocycles. The van der Waals surface area contributed by atoms with Crippen LogP contribution in [0.4, 0.5) is 24.0 Å². The fourth-order valence-electron chi connectivity index (χ4n) is 2.25. The Balaban J connectivity index is 1.71. The Kier molecular flexibility index (Phi) is 5.76. The molecular formula is C17H14F3N3O2S2. The second-order valence-electron chi connectivity index (χ2n) is 5.51. The van der Waals surface area contributed by atoms with Crippen LogP contribution in [0, 0.1) is 0 Å². The van der Waals surface area contributed by atoms with Crippen molar-refractivity contribution in [1.82, 2.24) is 9.97 Å². The standard InChI is InChI=1S/C17H14F3N3O2S2/c1-27(24)10-11-2-4-13(5-3-11)22-16-23-14(9-26-16)12-6-7-21-15(8-12)25-17(18,19)20/h2-9H,10H2,1H3,(H,22,23). The molecule has 3 aromatic rings. The van der Waals surface area contributed by atoms with Gasteiger partial charge in [0.2, 0.25) is 5.88 Å². The van der Waals surface area contributed by atoms with Crippen LogP contribution in [0.1, 0.15) is 5.56 Å². The van der Waals surface area contributed by atoms with Gasteiger partial charge in [-0.25, -0.2) is 9.97 Å². The summed E-state index contributed by atoms with van der Waals surface area (Å²) < 4.78 is 52.0. The van der Waals surface area contributed by atoms with Gasteiger partial charge in [-0.15, -0.1) is 24.5 Å². The molecular weight excluding hydrogens is 399 g/mol. The average molecular weight is 413 g/mol. The molecule has 10 heteroatoms. The molecule has 3 rings (SSSR count). The summed E-state index contributed by atoms with van der Waals surface area (Å²) in [5.74, 6) is -0.0436. The van der Waals surface area contributed by atoms with E-state index in [0.717, 1.165) is 11.3 Å². The molecule has 0 radical (unpaired) electrons. The molecule has 1 N–H and O–H groups in total. The lowest BCUT2D eigenvalue weighted by Gasteiger charge is -2.08. The quantitative estimate of drug-likeness (QED) is 0.633. The minimum atomic E-state index is -4.79. The molecule has 0 aliphatic rings. The fourth-order valence-corrected chi connectivity index (χ4v) is 3.65. The molecule has 2 heterocycles. The lowest BCUT2D eigenvalue weighted by Crippen LogP contribution is -2.17. The largest absolute Gasteiger partial charge is 0.574 e. The van der Waals surface area contributed by atoms with Crippen molar-refractivity contribution in [3.63, 3.8) is 0 Å². The molecule has 2 aromatic heterocycles. The van der Waals surface area contributed by atoms with Crippen LogP contribution >= 0.6 is 11.3 Å². The summed E-state index contributed by atoms with van der Waals surface area (Å²) in [6, 6.07) is 10.2. The summed E-state index contributed by atoms with van der Waals surface area (Å²) in [5.41, 5.74) is 2.75. The van der Waals surface area contributed by atoms with Gasteiger partial charge >= 0.3 is 6.36 Å². The molecule has 0 aliphatic heterocycles. The van der Waals surface area contributed by atoms with Gasteiger partial charge in [0.1, 0.15) is 0 Å². The molecule has 1 unspecified atom stereocenters. The third-order valence-electron chi connectivity index (χ3n) is 3.33. The molecule has 27 heavy (non-hydrogen) atoms. The van der Waals surface area contributed by atoms with Crippen LogP contribution in [0.25, 0.3) is 11.3 Å². The van der Waals surface area contributed by atoms with Crippen molar-refractivity contribution in [3.8, 4) is 17.1 Å². The van der Waals surface area contributed by atoms with Crippen molar-refractivity contribution in [1.29, 1.82) is 0 Å². The van der Waals surface area contributed by atoms with Gasteiger partial charge in [-0.2, -0.15) is 0 Å². The molecule has 0 aliphatic carbocycles. The number of rotatable bonds is 6. The summed E-state index contributed by atoms with van der Waals surface area (Å²) in [6.07, 6.45) is -1.91. The molecule has 142 valence electrons. The molecule has 0 saturated heterocycles. The first-order chi connectivity index (χ1) is 12.8. The Hall–Kier alpha value is -2.46. The Labute approximate surface area is 159 Å². The highest BCUT2D eigenvalue weighted by Gasteiger charge is 2.31. The SMILES string of the molecule is CS(=O)Cc1ccc(Nc2nc(-c3ccnc(OC(F)(F)F)c3)cs2)cc1. The zero-order chi connectivity index (χ0) is 19.4. The van der Waals surface area contributed by atoms with Crippen molar-refractivity contribution < 1.29 is 22.1 Å². The number of thiazole rings is 1. The third kappa shape index (κ3) is 5.76. The highest BCUT2D eigenvalue weighted by molar-refractivity contribution is 7.83. The van der Waals surface area contributed by atoms with Crippen LogP contribution in [0.3, 0.4) is 0 Å². The summed E-state index contributed by atoms with van der Waals surface area (Å²) in [6.45, 7) is 0. The molecule has 1 atom stereocenters. The normalized spacial score (nSPS) is 12.6. The van der Waals surface area contributed by atoms with Crippen molar-refractivity contribution in [2.75, 3.05) is 11.6 Å². The van der Waals surface area contributed by atoms with E-state index in [0.29, 0.717) is 22.1 Å². The zero-order valence-corrected chi connectivity index (χ0v) is 15.6. The minimum absolute atomic E-state index is 0.467. The number of benzene rings is 1. The molecule has 0 spiro atoms. The average Bonchev–Trinajstić information content (AvgIpc) is 3.03. The Morgan fingerprint density at radius 1 is 1.22 bits per heavy atom. The maximum Gasteiger partial charge on any atom is 0.574 e. The van der Waals surface area contributed by atoms with Crippen LogP contribution in [-0.2, 0) is 16.6 Å². The maximum absolute atomic E-state index is 12.3. The second kappa shape index (κ2) is 8.05. The number of nitrogens with zero attached hydrogens (tertiary/aromatic N) is 2. The summed E-state index contributed by atoms with van der Waals surface area (Å²) in [7, 11) is -0.904. The Bertz CT molecular complexity index is 943. The topological polar surface area (TPSA) is 64.1 Å². The first-order valence-electron chi connectivity index (χ1n) is 7.62. The first kappa shape index (κ1) is 19.3. The van der Waals surface area contributed by atoms with Crippen molar-refractivity contribution in [3.05, 3.63) is 53.5 Å². The van der Waals surface area contributed by atoms with Gasteiger partial charge < -0.3 is 10.1 Å². The Morgan fingerprint density at radius 3 is 2.63 bits per heavy atom. The van der Waals surface area contributed by atoms with Crippen molar-refractivity contribution >= 4 is 33.0 Å². The molecule has 0 saturated carbocycles. The van der Waals surface area contributed by atoms with Crippen LogP contribution in [0.5, 0.6) is 5.88 Å². The summed E-state index contributed by atoms with van der Waals surface area (Å²) in [5, 5.41) is 5.45. The number of pyridine rings is 1. The number of hydrogen-bond donors (Lipinski definition) is 1. The number of ether oxygens (including phenoxy) is 1. The lowest BCUT2D eigenvalue weighted by atomic mass is 10.2. The molecule has 0 bridgehead atoms. The summed E-state index contributed by atoms with van der Waals surface area (Å²) >= 11 is 1.32. The number of halogens is 3. The lowest BCUT2D eigenvalue weighted by molar-refractivity contribution is -0.276. The van der Waals surface area contributed by atoms with Crippen LogP contribution < -0.4 is 10.1 Å². The van der Waals surface area contributed by atoms with Crippen LogP contribution in [0.2, 0.25) is 0 Å². The highest BCUT2D eigenvalue weighted by Crippen LogP contribution is 2.30. The highest BCUT2D eigenvalue weighted by atomic mass is 32.2. The smallest absolute Gasteiger partial charge is 0.388 e. The van der Waals surface area contributed by atoms with Crippen molar-refractivity contribution in [2.45, 2.75) is 12.1 Å². The predicted molar refractivity (Wildman–Crippen MR) is 99.5 cm³/mol. The van der Waals surface area contributed by atoms with Gasteiger partial charge in [0.15, 0.2) is 5.13 Å². The van der Waals surface area contributed by atoms with Gasteiger partial charge in [0.05, 0.1) is 5.69 Å². The first-order valence-corrected chi connectivity index (χ1v) is 10.2. The van der Waals surface area contributed by atoms with E-state index in [4.69, 9.17) is 0 Å². The predicted octanol–water partition coefficient (Wildman–Crippen LogP) is 4.73. The Morgan fingerprint density at radius 2 is 1.96 bits per heavy atom. The zero-order valence-electron chi connectivity index (χ0n) is 14.0. The van der Waals surface area contributed by atoms with Crippen LogP contribution in [-0.4, -0.2) is 26.8 Å². The monoisotopic (exact) mass is 413 g/mol. The second-order valence-corrected chi connectivity index (χ2v) is 7.80. The van der Waals surface area contributed by atoms with E-state index in [2.05, 4.69) is 20.0 Å². The molecule has 0 amide bonds. The van der Waals surface area contributed by atoms with E-state index in [9.17, 15) is 17.4 Å². The van der Waals surface area contributed by atoms with Crippen molar-refractivity contribution in [2.24, 2.45) is 0 Å². The van der Waals surface area contributed by atoms with Crippen LogP contribution in [0.15, 0.2) is 48.0 Å². The van der Waals surface area contributed by atoms with E-state index in [1.54, 1.807) is 17.7 Å². The van der Waals surface area contributed by atoms with E-state index >= 15 is 0 Å². The number of anilines is 2. The number of alkyl halides is 3. The van der Waals surface area contributed by atoms with Gasteiger partial charge in [0.25, 0.3) is 0 Å². The van der Waals surface area contributed by atoms with E-state index in [-0.39, 0.29) is 0 Å². The van der Waals surface area contributed by atoms with E-state index in [1.807, 2.05) is 24.3 Å². The summed E-state index contributed by atoms with van der Waals surface area (Å²) in [4.78, 5) is 7.93. The maximum atomic E-state index is 12.3. The molecule has 0 fully saturated rings. The molecule has 5 nitrogen and oxygen atoms in total. The van der Waals surface area contributed by atoms with Gasteiger partial charge in [0, 0.05) is 51.7 Å².